The van der Waals surface area contributed by atoms with Crippen LogP contribution in [-0.2, 0) is 0 Å². The van der Waals surface area contributed by atoms with Gasteiger partial charge in [-0.25, -0.2) is 4.39 Å². The molecule has 0 aliphatic carbocycles. The van der Waals surface area contributed by atoms with E-state index < -0.39 is 11.7 Å². The maximum absolute atomic E-state index is 13.2. The highest BCUT2D eigenvalue weighted by atomic mass is 19.1. The normalized spacial score (nSPS) is 10.9. The first-order valence-electron chi connectivity index (χ1n) is 8.40. The first-order chi connectivity index (χ1) is 12.4. The fourth-order valence-corrected chi connectivity index (χ4v) is 2.56. The second-order valence-electron chi connectivity index (χ2n) is 6.55. The Balaban J connectivity index is 1.76. The van der Waals surface area contributed by atoms with Gasteiger partial charge in [0.25, 0.3) is 11.8 Å². The summed E-state index contributed by atoms with van der Waals surface area (Å²) in [4.78, 5) is 27.4. The molecule has 0 fully saturated rings. The van der Waals surface area contributed by atoms with Crippen molar-refractivity contribution in [1.82, 2.24) is 10.3 Å². The van der Waals surface area contributed by atoms with Gasteiger partial charge >= 0.3 is 0 Å². The number of carbonyl (C=O) groups excluding carboxylic acids is 2. The number of benzene rings is 2. The molecule has 3 N–H and O–H groups in total. The van der Waals surface area contributed by atoms with Crippen molar-refractivity contribution >= 4 is 28.4 Å². The lowest BCUT2D eigenvalue weighted by Gasteiger charge is -2.05. The number of fused-ring (bicyclic) bond motifs is 1. The van der Waals surface area contributed by atoms with Gasteiger partial charge in [0.05, 0.1) is 0 Å². The Kier molecular flexibility index (Phi) is 5.02. The van der Waals surface area contributed by atoms with E-state index in [1.807, 2.05) is 13.8 Å². The molecule has 2 aromatic carbocycles. The number of rotatable bonds is 5. The van der Waals surface area contributed by atoms with Crippen molar-refractivity contribution < 1.29 is 14.0 Å². The average molecular weight is 353 g/mol. The fourth-order valence-electron chi connectivity index (χ4n) is 2.56. The monoisotopic (exact) mass is 353 g/mol. The smallest absolute Gasteiger partial charge is 0.267 e. The number of hydrogen-bond donors (Lipinski definition) is 3. The van der Waals surface area contributed by atoms with Crippen molar-refractivity contribution in [3.05, 3.63) is 65.6 Å². The highest BCUT2D eigenvalue weighted by molar-refractivity contribution is 6.05. The van der Waals surface area contributed by atoms with Gasteiger partial charge in [-0.1, -0.05) is 19.9 Å². The average Bonchev–Trinajstić information content (AvgIpc) is 3.03. The molecule has 3 rings (SSSR count). The molecular weight excluding hydrogens is 333 g/mol. The maximum atomic E-state index is 13.2. The van der Waals surface area contributed by atoms with Gasteiger partial charge in [-0.15, -0.1) is 0 Å². The first-order valence-corrected chi connectivity index (χ1v) is 8.40. The Labute approximate surface area is 150 Å². The third kappa shape index (κ3) is 4.08. The molecule has 6 heteroatoms. The summed E-state index contributed by atoms with van der Waals surface area (Å²) >= 11 is 0. The van der Waals surface area contributed by atoms with Crippen LogP contribution in [0.3, 0.4) is 0 Å². The SMILES string of the molecule is CC(C)CNC(=O)c1cc2cc(NC(=O)c3cccc(F)c3)ccc2[nH]1. The molecule has 0 spiro atoms. The van der Waals surface area contributed by atoms with Crippen molar-refractivity contribution in [1.29, 1.82) is 0 Å². The van der Waals surface area contributed by atoms with Gasteiger partial charge < -0.3 is 15.6 Å². The van der Waals surface area contributed by atoms with Gasteiger partial charge in [-0.05, 0) is 48.4 Å². The summed E-state index contributed by atoms with van der Waals surface area (Å²) in [5, 5.41) is 6.40. The Hall–Kier alpha value is -3.15. The Morgan fingerprint density at radius 1 is 1.08 bits per heavy atom. The molecule has 2 amide bonds. The number of halogens is 1. The lowest BCUT2D eigenvalue weighted by molar-refractivity contribution is 0.0944. The lowest BCUT2D eigenvalue weighted by Crippen LogP contribution is -2.27. The van der Waals surface area contributed by atoms with Gasteiger partial charge in [0.15, 0.2) is 0 Å². The highest BCUT2D eigenvalue weighted by Gasteiger charge is 2.11. The number of H-pyrrole nitrogens is 1. The van der Waals surface area contributed by atoms with E-state index in [2.05, 4.69) is 15.6 Å². The molecular formula is C20H20FN3O2. The minimum atomic E-state index is -0.462. The summed E-state index contributed by atoms with van der Waals surface area (Å²) in [6.45, 7) is 4.65. The molecule has 1 aromatic heterocycles. The van der Waals surface area contributed by atoms with Gasteiger partial charge in [0.1, 0.15) is 11.5 Å². The van der Waals surface area contributed by atoms with Crippen LogP contribution in [0, 0.1) is 11.7 Å². The molecule has 0 aliphatic rings. The molecule has 5 nitrogen and oxygen atoms in total. The number of anilines is 1. The topological polar surface area (TPSA) is 74.0 Å². The van der Waals surface area contributed by atoms with Crippen LogP contribution < -0.4 is 10.6 Å². The van der Waals surface area contributed by atoms with Crippen LogP contribution in [0.1, 0.15) is 34.7 Å². The maximum Gasteiger partial charge on any atom is 0.267 e. The molecule has 0 saturated heterocycles. The molecule has 0 unspecified atom stereocenters. The predicted octanol–water partition coefficient (Wildman–Crippen LogP) is 3.95. The standard InChI is InChI=1S/C20H20FN3O2/c1-12(2)11-22-20(26)18-10-14-9-16(6-7-17(14)24-18)23-19(25)13-4-3-5-15(21)8-13/h3-10,12,24H,11H2,1-2H3,(H,22,26)(H,23,25). The molecule has 26 heavy (non-hydrogen) atoms. The number of nitrogens with one attached hydrogen (secondary N) is 3. The van der Waals surface area contributed by atoms with Crippen LogP contribution >= 0.6 is 0 Å². The number of aromatic nitrogens is 1. The van der Waals surface area contributed by atoms with Crippen LogP contribution in [0.15, 0.2) is 48.5 Å². The fraction of sp³-hybridized carbons (Fsp3) is 0.200. The summed E-state index contributed by atoms with van der Waals surface area (Å²) in [6.07, 6.45) is 0. The predicted molar refractivity (Wildman–Crippen MR) is 99.8 cm³/mol. The van der Waals surface area contributed by atoms with Crippen molar-refractivity contribution in [2.45, 2.75) is 13.8 Å². The van der Waals surface area contributed by atoms with Crippen molar-refractivity contribution in [2.24, 2.45) is 5.92 Å². The minimum absolute atomic E-state index is 0.166. The van der Waals surface area contributed by atoms with E-state index in [1.165, 1.54) is 18.2 Å². The molecule has 0 bridgehead atoms. The number of aromatic amines is 1. The van der Waals surface area contributed by atoms with Crippen LogP contribution in [0.25, 0.3) is 10.9 Å². The molecule has 3 aromatic rings. The van der Waals surface area contributed by atoms with E-state index in [9.17, 15) is 14.0 Å². The van der Waals surface area contributed by atoms with E-state index in [0.29, 0.717) is 23.8 Å². The van der Waals surface area contributed by atoms with E-state index in [-0.39, 0.29) is 11.5 Å². The summed E-state index contributed by atoms with van der Waals surface area (Å²) in [5.41, 5.74) is 2.07. The summed E-state index contributed by atoms with van der Waals surface area (Å²) in [7, 11) is 0. The zero-order chi connectivity index (χ0) is 18.7. The third-order valence-corrected chi connectivity index (χ3v) is 3.88. The Bertz CT molecular complexity index is 963. The molecule has 0 radical (unpaired) electrons. The van der Waals surface area contributed by atoms with Gasteiger partial charge in [0.2, 0.25) is 0 Å². The molecule has 0 aliphatic heterocycles. The third-order valence-electron chi connectivity index (χ3n) is 3.88. The zero-order valence-electron chi connectivity index (χ0n) is 14.6. The van der Waals surface area contributed by atoms with Gasteiger partial charge in [-0.3, -0.25) is 9.59 Å². The van der Waals surface area contributed by atoms with Crippen LogP contribution in [0.2, 0.25) is 0 Å². The van der Waals surface area contributed by atoms with Crippen molar-refractivity contribution in [2.75, 3.05) is 11.9 Å². The first kappa shape index (κ1) is 17.7. The number of amides is 2. The van der Waals surface area contributed by atoms with E-state index in [4.69, 9.17) is 0 Å². The second kappa shape index (κ2) is 7.39. The summed E-state index contributed by atoms with van der Waals surface area (Å²) in [5.74, 6) is -0.654. The molecule has 0 saturated carbocycles. The number of hydrogen-bond acceptors (Lipinski definition) is 2. The Morgan fingerprint density at radius 2 is 1.88 bits per heavy atom. The zero-order valence-corrected chi connectivity index (χ0v) is 14.6. The molecule has 0 atom stereocenters. The minimum Gasteiger partial charge on any atom is -0.351 e. The number of carbonyl (C=O) groups is 2. The van der Waals surface area contributed by atoms with Crippen molar-refractivity contribution in [3.8, 4) is 0 Å². The lowest BCUT2D eigenvalue weighted by atomic mass is 10.2. The van der Waals surface area contributed by atoms with Gasteiger partial charge in [0, 0.05) is 28.7 Å². The van der Waals surface area contributed by atoms with E-state index in [1.54, 1.807) is 30.3 Å². The highest BCUT2D eigenvalue weighted by Crippen LogP contribution is 2.21. The second-order valence-corrected chi connectivity index (χ2v) is 6.55. The van der Waals surface area contributed by atoms with Gasteiger partial charge in [-0.2, -0.15) is 0 Å². The van der Waals surface area contributed by atoms with E-state index in [0.717, 1.165) is 10.9 Å². The van der Waals surface area contributed by atoms with Crippen LogP contribution in [-0.4, -0.2) is 23.3 Å². The van der Waals surface area contributed by atoms with Crippen LogP contribution in [0.4, 0.5) is 10.1 Å². The van der Waals surface area contributed by atoms with E-state index >= 15 is 0 Å². The largest absolute Gasteiger partial charge is 0.351 e. The quantitative estimate of drug-likeness (QED) is 0.650. The molecule has 134 valence electrons. The molecule has 1 heterocycles. The van der Waals surface area contributed by atoms with Crippen molar-refractivity contribution in [3.63, 3.8) is 0 Å². The summed E-state index contributed by atoms with van der Waals surface area (Å²) < 4.78 is 13.2. The summed E-state index contributed by atoms with van der Waals surface area (Å²) in [6, 6.07) is 12.5. The van der Waals surface area contributed by atoms with Crippen LogP contribution in [0.5, 0.6) is 0 Å². The Morgan fingerprint density at radius 3 is 2.62 bits per heavy atom.